The molecule has 0 spiro atoms. The van der Waals surface area contributed by atoms with Crippen LogP contribution in [0, 0.1) is 5.82 Å². The van der Waals surface area contributed by atoms with Gasteiger partial charge in [-0.25, -0.2) is 9.37 Å². The molecule has 8 nitrogen and oxygen atoms in total. The summed E-state index contributed by atoms with van der Waals surface area (Å²) >= 11 is 1.12. The predicted octanol–water partition coefficient (Wildman–Crippen LogP) is 4.37. The van der Waals surface area contributed by atoms with E-state index < -0.39 is 17.7 Å². The van der Waals surface area contributed by atoms with Crippen LogP contribution in [0.3, 0.4) is 0 Å². The van der Waals surface area contributed by atoms with Crippen LogP contribution in [0.1, 0.15) is 23.0 Å². The number of methoxy groups -OCH3 is 1. The Labute approximate surface area is 187 Å². The Balaban J connectivity index is 1.83. The van der Waals surface area contributed by atoms with Gasteiger partial charge in [0.25, 0.3) is 5.91 Å². The second-order valence-corrected chi connectivity index (χ2v) is 7.66. The van der Waals surface area contributed by atoms with Gasteiger partial charge in [0.05, 0.1) is 18.7 Å². The number of aliphatic carboxylic acids is 1. The third-order valence-corrected chi connectivity index (χ3v) is 4.84. The molecular formula is C22H21FN2O6S. The lowest BCUT2D eigenvalue weighted by Crippen LogP contribution is -2.18. The molecule has 1 heterocycles. The predicted molar refractivity (Wildman–Crippen MR) is 116 cm³/mol. The first-order chi connectivity index (χ1) is 15.3. The van der Waals surface area contributed by atoms with Crippen molar-refractivity contribution in [2.75, 3.05) is 19.0 Å². The summed E-state index contributed by atoms with van der Waals surface area (Å²) in [5.41, 5.74) is 0.586. The van der Waals surface area contributed by atoms with Gasteiger partial charge in [-0.05, 0) is 43.3 Å². The first-order valence-electron chi connectivity index (χ1n) is 9.54. The maximum atomic E-state index is 13.2. The molecule has 3 aromatic rings. The number of ether oxygens (including phenoxy) is 3. The lowest BCUT2D eigenvalue weighted by atomic mass is 10.2. The molecule has 0 fully saturated rings. The number of nitrogens with one attached hydrogen (secondary N) is 1. The highest BCUT2D eigenvalue weighted by Gasteiger charge is 2.15. The molecule has 2 aromatic carbocycles. The van der Waals surface area contributed by atoms with Gasteiger partial charge < -0.3 is 19.3 Å². The van der Waals surface area contributed by atoms with Crippen LogP contribution in [-0.4, -0.2) is 41.8 Å². The molecule has 168 valence electrons. The number of benzene rings is 2. The van der Waals surface area contributed by atoms with Crippen molar-refractivity contribution in [2.45, 2.75) is 19.4 Å². The number of nitrogens with zero attached hydrogens (tertiary/aromatic N) is 1. The number of halogens is 1. The molecule has 10 heteroatoms. The van der Waals surface area contributed by atoms with E-state index >= 15 is 0 Å². The van der Waals surface area contributed by atoms with Gasteiger partial charge in [0.1, 0.15) is 29.2 Å². The first kappa shape index (κ1) is 23.2. The molecule has 1 amide bonds. The summed E-state index contributed by atoms with van der Waals surface area (Å²) in [6.45, 7) is 2.16. The quantitative estimate of drug-likeness (QED) is 0.463. The third kappa shape index (κ3) is 6.76. The number of hydrogen-bond acceptors (Lipinski definition) is 7. The van der Waals surface area contributed by atoms with Crippen LogP contribution >= 0.6 is 11.3 Å². The average molecular weight is 460 g/mol. The normalized spacial score (nSPS) is 11.6. The van der Waals surface area contributed by atoms with E-state index in [2.05, 4.69) is 10.3 Å². The lowest BCUT2D eigenvalue weighted by molar-refractivity contribution is -0.136. The number of aromatic nitrogens is 1. The number of carbonyl (C=O) groups is 2. The molecule has 0 radical (unpaired) electrons. The van der Waals surface area contributed by atoms with Crippen molar-refractivity contribution >= 4 is 28.3 Å². The van der Waals surface area contributed by atoms with Crippen LogP contribution in [0.25, 0.3) is 0 Å². The lowest BCUT2D eigenvalue weighted by Gasteiger charge is -2.16. The standard InChI is InChI=1S/C22H21FN2O6S/c1-13(11-29-2)30-18-7-14(8-19(10-18)31-17-5-3-15(23)4-6-17)21(28)25-22-24-16(12-32-22)9-20(26)27/h3-8,10,12-13H,9,11H2,1-2H3,(H,26,27)(H,24,25,28)/t13-/m0/s1. The number of anilines is 1. The summed E-state index contributed by atoms with van der Waals surface area (Å²) < 4.78 is 29.8. The van der Waals surface area contributed by atoms with Gasteiger partial charge in [-0.2, -0.15) is 0 Å². The molecule has 0 aliphatic carbocycles. The largest absolute Gasteiger partial charge is 0.488 e. The van der Waals surface area contributed by atoms with Crippen molar-refractivity contribution in [1.82, 2.24) is 4.98 Å². The van der Waals surface area contributed by atoms with Crippen molar-refractivity contribution in [2.24, 2.45) is 0 Å². The molecule has 0 aliphatic heterocycles. The van der Waals surface area contributed by atoms with Gasteiger partial charge in [-0.3, -0.25) is 14.9 Å². The third-order valence-electron chi connectivity index (χ3n) is 4.03. The van der Waals surface area contributed by atoms with Gasteiger partial charge in [-0.1, -0.05) is 0 Å². The van der Waals surface area contributed by atoms with Gasteiger partial charge in [0.15, 0.2) is 5.13 Å². The number of amides is 1. The molecule has 1 aromatic heterocycles. The van der Waals surface area contributed by atoms with Gasteiger partial charge in [0.2, 0.25) is 0 Å². The van der Waals surface area contributed by atoms with Crippen LogP contribution in [0.4, 0.5) is 9.52 Å². The fraction of sp³-hybridized carbons (Fsp3) is 0.227. The molecule has 32 heavy (non-hydrogen) atoms. The van der Waals surface area contributed by atoms with E-state index in [9.17, 15) is 14.0 Å². The minimum Gasteiger partial charge on any atom is -0.488 e. The van der Waals surface area contributed by atoms with E-state index in [-0.39, 0.29) is 23.2 Å². The monoisotopic (exact) mass is 460 g/mol. The molecular weight excluding hydrogens is 439 g/mol. The summed E-state index contributed by atoms with van der Waals surface area (Å²) in [7, 11) is 1.56. The zero-order valence-corrected chi connectivity index (χ0v) is 18.1. The van der Waals surface area contributed by atoms with E-state index in [0.717, 1.165) is 11.3 Å². The zero-order chi connectivity index (χ0) is 23.1. The fourth-order valence-corrected chi connectivity index (χ4v) is 3.44. The second-order valence-electron chi connectivity index (χ2n) is 6.80. The van der Waals surface area contributed by atoms with Crippen LogP contribution in [-0.2, 0) is 16.0 Å². The Kier molecular flexibility index (Phi) is 7.74. The second kappa shape index (κ2) is 10.7. The highest BCUT2D eigenvalue weighted by atomic mass is 32.1. The van der Waals surface area contributed by atoms with Crippen LogP contribution in [0.5, 0.6) is 17.2 Å². The number of hydrogen-bond donors (Lipinski definition) is 2. The molecule has 0 aliphatic rings. The maximum Gasteiger partial charge on any atom is 0.309 e. The zero-order valence-electron chi connectivity index (χ0n) is 17.3. The van der Waals surface area contributed by atoms with E-state index in [1.807, 2.05) is 6.92 Å². The number of carboxylic acid groups (broad SMARTS) is 1. The molecule has 1 atom stereocenters. The van der Waals surface area contributed by atoms with E-state index in [1.54, 1.807) is 24.6 Å². The highest BCUT2D eigenvalue weighted by Crippen LogP contribution is 2.29. The van der Waals surface area contributed by atoms with Gasteiger partial charge in [0, 0.05) is 24.1 Å². The summed E-state index contributed by atoms with van der Waals surface area (Å²) in [4.78, 5) is 27.7. The molecule has 3 rings (SSSR count). The smallest absolute Gasteiger partial charge is 0.309 e. The van der Waals surface area contributed by atoms with E-state index in [4.69, 9.17) is 19.3 Å². The number of carboxylic acids is 1. The van der Waals surface area contributed by atoms with E-state index in [1.165, 1.54) is 30.3 Å². The Morgan fingerprint density at radius 2 is 1.88 bits per heavy atom. The SMILES string of the molecule is COC[C@H](C)Oc1cc(Oc2ccc(F)cc2)cc(C(=O)Nc2nc(CC(=O)O)cs2)c1. The number of carbonyl (C=O) groups excluding carboxylic acids is 1. The van der Waals surface area contributed by atoms with Gasteiger partial charge >= 0.3 is 5.97 Å². The van der Waals surface area contributed by atoms with Crippen molar-refractivity contribution in [3.63, 3.8) is 0 Å². The molecule has 0 bridgehead atoms. The number of thiazole rings is 1. The Morgan fingerprint density at radius 3 is 2.56 bits per heavy atom. The van der Waals surface area contributed by atoms with Crippen LogP contribution in [0.15, 0.2) is 47.8 Å². The minimum atomic E-state index is -1.01. The molecule has 0 saturated carbocycles. The fourth-order valence-electron chi connectivity index (χ4n) is 2.74. The van der Waals surface area contributed by atoms with Crippen molar-refractivity contribution in [3.8, 4) is 17.2 Å². The molecule has 2 N–H and O–H groups in total. The highest BCUT2D eigenvalue weighted by molar-refractivity contribution is 7.14. The van der Waals surface area contributed by atoms with Crippen molar-refractivity contribution < 1.29 is 33.3 Å². The summed E-state index contributed by atoms with van der Waals surface area (Å²) in [6.07, 6.45) is -0.516. The Morgan fingerprint density at radius 1 is 1.16 bits per heavy atom. The average Bonchev–Trinajstić information content (AvgIpc) is 3.15. The summed E-state index contributed by atoms with van der Waals surface area (Å²) in [6, 6.07) is 10.1. The van der Waals surface area contributed by atoms with Gasteiger partial charge in [-0.15, -0.1) is 11.3 Å². The van der Waals surface area contributed by atoms with Crippen molar-refractivity contribution in [3.05, 3.63) is 64.9 Å². The molecule has 0 unspecified atom stereocenters. The van der Waals surface area contributed by atoms with E-state index in [0.29, 0.717) is 29.5 Å². The molecule has 0 saturated heterocycles. The Hall–Kier alpha value is -3.50. The first-order valence-corrected chi connectivity index (χ1v) is 10.4. The minimum absolute atomic E-state index is 0.233. The maximum absolute atomic E-state index is 13.2. The Bertz CT molecular complexity index is 1090. The van der Waals surface area contributed by atoms with Crippen LogP contribution in [0.2, 0.25) is 0 Å². The number of rotatable bonds is 10. The van der Waals surface area contributed by atoms with Crippen molar-refractivity contribution in [1.29, 1.82) is 0 Å². The topological polar surface area (TPSA) is 107 Å². The summed E-state index contributed by atoms with van der Waals surface area (Å²) in [5, 5.41) is 13.3. The summed E-state index contributed by atoms with van der Waals surface area (Å²) in [5.74, 6) is -0.799. The van der Waals surface area contributed by atoms with Crippen LogP contribution < -0.4 is 14.8 Å².